The van der Waals surface area contributed by atoms with Gasteiger partial charge in [-0.2, -0.15) is 0 Å². The molecule has 2 aliphatic heterocycles. The summed E-state index contributed by atoms with van der Waals surface area (Å²) in [5.41, 5.74) is 5.83. The molecule has 28 heavy (non-hydrogen) atoms. The summed E-state index contributed by atoms with van der Waals surface area (Å²) in [6, 6.07) is 17.4. The predicted octanol–water partition coefficient (Wildman–Crippen LogP) is 3.83. The number of aryl methyl sites for hydroxylation is 1. The summed E-state index contributed by atoms with van der Waals surface area (Å²) in [7, 11) is 0. The molecule has 2 fully saturated rings. The van der Waals surface area contributed by atoms with Gasteiger partial charge < -0.3 is 9.84 Å². The van der Waals surface area contributed by atoms with Crippen LogP contribution < -0.4 is 5.48 Å². The summed E-state index contributed by atoms with van der Waals surface area (Å²) >= 11 is 0. The minimum atomic E-state index is -0.880. The molecule has 0 saturated carbocycles. The van der Waals surface area contributed by atoms with Crippen LogP contribution in [0.25, 0.3) is 0 Å². The van der Waals surface area contributed by atoms with Crippen LogP contribution in [0.5, 0.6) is 0 Å². The molecule has 148 valence electrons. The molecule has 5 heteroatoms. The maximum absolute atomic E-state index is 11.0. The van der Waals surface area contributed by atoms with Crippen LogP contribution in [0.1, 0.15) is 40.7 Å². The van der Waals surface area contributed by atoms with E-state index in [4.69, 9.17) is 14.7 Å². The van der Waals surface area contributed by atoms with E-state index in [-0.39, 0.29) is 0 Å². The van der Waals surface area contributed by atoms with E-state index < -0.39 is 5.97 Å². The van der Waals surface area contributed by atoms with E-state index in [0.29, 0.717) is 36.2 Å². The Labute approximate surface area is 165 Å². The van der Waals surface area contributed by atoms with Crippen LogP contribution in [-0.4, -0.2) is 29.8 Å². The Morgan fingerprint density at radius 1 is 1.00 bits per heavy atom. The summed E-state index contributed by atoms with van der Waals surface area (Å²) in [5, 5.41) is 9.02. The van der Waals surface area contributed by atoms with Crippen LogP contribution in [0.4, 0.5) is 0 Å². The molecule has 0 aliphatic carbocycles. The van der Waals surface area contributed by atoms with Crippen molar-refractivity contribution in [3.63, 3.8) is 0 Å². The van der Waals surface area contributed by atoms with E-state index in [1.165, 1.54) is 5.56 Å². The fourth-order valence-electron chi connectivity index (χ4n) is 4.56. The van der Waals surface area contributed by atoms with Gasteiger partial charge in [-0.25, -0.2) is 10.3 Å². The fraction of sp³-hybridized carbons (Fsp3) is 0.435. The second kappa shape index (κ2) is 8.86. The number of fused-ring (bicyclic) bond motifs is 2. The molecular weight excluding hydrogens is 354 g/mol. The van der Waals surface area contributed by atoms with Crippen LogP contribution in [0.3, 0.4) is 0 Å². The fourth-order valence-corrected chi connectivity index (χ4v) is 4.56. The highest BCUT2D eigenvalue weighted by Gasteiger charge is 2.48. The van der Waals surface area contributed by atoms with Gasteiger partial charge >= 0.3 is 5.97 Å². The standard InChI is InChI=1S/C23H27NO4/c25-23(26)18-9-6-16(7-10-18)8-11-19-20(22-13-12-21(19)28-22)14-24-27-15-17-4-2-1-3-5-17/h1-7,9-10,19-22,24H,8,11-15H2,(H,25,26). The molecule has 2 aromatic rings. The first-order valence-corrected chi connectivity index (χ1v) is 10.1. The number of hydrogen-bond donors (Lipinski definition) is 2. The average Bonchev–Trinajstić information content (AvgIpc) is 3.32. The molecule has 4 unspecified atom stereocenters. The van der Waals surface area contributed by atoms with Crippen molar-refractivity contribution in [3.8, 4) is 0 Å². The molecule has 0 radical (unpaired) electrons. The molecule has 0 aromatic heterocycles. The van der Waals surface area contributed by atoms with Crippen LogP contribution >= 0.6 is 0 Å². The highest BCUT2D eigenvalue weighted by molar-refractivity contribution is 5.87. The average molecular weight is 381 g/mol. The van der Waals surface area contributed by atoms with E-state index in [1.807, 2.05) is 30.3 Å². The molecule has 2 heterocycles. The van der Waals surface area contributed by atoms with Crippen LogP contribution in [0.2, 0.25) is 0 Å². The van der Waals surface area contributed by atoms with Crippen molar-refractivity contribution >= 4 is 5.97 Å². The lowest BCUT2D eigenvalue weighted by Crippen LogP contribution is -2.36. The maximum atomic E-state index is 11.0. The van der Waals surface area contributed by atoms with Gasteiger partial charge in [-0.3, -0.25) is 4.84 Å². The number of aromatic carboxylic acids is 1. The second-order valence-corrected chi connectivity index (χ2v) is 7.78. The highest BCUT2D eigenvalue weighted by atomic mass is 16.6. The van der Waals surface area contributed by atoms with E-state index in [2.05, 4.69) is 17.6 Å². The second-order valence-electron chi connectivity index (χ2n) is 7.78. The number of benzene rings is 2. The lowest BCUT2D eigenvalue weighted by atomic mass is 9.76. The first-order chi connectivity index (χ1) is 13.7. The first kappa shape index (κ1) is 19.1. The van der Waals surface area contributed by atoms with Gasteiger partial charge in [-0.1, -0.05) is 42.5 Å². The molecule has 2 saturated heterocycles. The van der Waals surface area contributed by atoms with Crippen molar-refractivity contribution in [2.24, 2.45) is 11.8 Å². The summed E-state index contributed by atoms with van der Waals surface area (Å²) in [6.07, 6.45) is 4.96. The topological polar surface area (TPSA) is 67.8 Å². The molecule has 5 nitrogen and oxygen atoms in total. The minimum absolute atomic E-state index is 0.331. The maximum Gasteiger partial charge on any atom is 0.335 e. The van der Waals surface area contributed by atoms with Crippen molar-refractivity contribution < 1.29 is 19.5 Å². The Kier molecular flexibility index (Phi) is 6.05. The summed E-state index contributed by atoms with van der Waals surface area (Å²) < 4.78 is 6.18. The monoisotopic (exact) mass is 381 g/mol. The van der Waals surface area contributed by atoms with Gasteiger partial charge in [0.05, 0.1) is 24.4 Å². The summed E-state index contributed by atoms with van der Waals surface area (Å²) in [4.78, 5) is 16.7. The van der Waals surface area contributed by atoms with Crippen molar-refractivity contribution in [2.45, 2.75) is 44.5 Å². The third kappa shape index (κ3) is 4.43. The molecule has 0 spiro atoms. The number of carboxylic acid groups (broad SMARTS) is 1. The Morgan fingerprint density at radius 2 is 1.71 bits per heavy atom. The zero-order valence-corrected chi connectivity index (χ0v) is 15.9. The Hall–Kier alpha value is -2.21. The quantitative estimate of drug-likeness (QED) is 0.510. The van der Waals surface area contributed by atoms with Crippen molar-refractivity contribution in [1.29, 1.82) is 0 Å². The van der Waals surface area contributed by atoms with Crippen LogP contribution in [-0.2, 0) is 22.6 Å². The molecule has 2 bridgehead atoms. The van der Waals surface area contributed by atoms with Crippen molar-refractivity contribution in [2.75, 3.05) is 6.54 Å². The normalized spacial score (nSPS) is 25.9. The van der Waals surface area contributed by atoms with Gasteiger partial charge in [0.2, 0.25) is 0 Å². The molecule has 2 aromatic carbocycles. The van der Waals surface area contributed by atoms with E-state index >= 15 is 0 Å². The SMILES string of the molecule is O=C(O)c1ccc(CCC2C3CCC(O3)C2CNOCc2ccccc2)cc1. The van der Waals surface area contributed by atoms with Gasteiger partial charge in [0.25, 0.3) is 0 Å². The van der Waals surface area contributed by atoms with Gasteiger partial charge in [0.15, 0.2) is 0 Å². The molecule has 4 rings (SSSR count). The Morgan fingerprint density at radius 3 is 2.43 bits per heavy atom. The smallest absolute Gasteiger partial charge is 0.335 e. The number of hydroxylamine groups is 1. The number of nitrogens with one attached hydrogen (secondary N) is 1. The molecule has 0 amide bonds. The number of rotatable bonds is 9. The lowest BCUT2D eigenvalue weighted by molar-refractivity contribution is 0.00846. The van der Waals surface area contributed by atoms with Gasteiger partial charge in [0, 0.05) is 12.5 Å². The minimum Gasteiger partial charge on any atom is -0.478 e. The Bertz CT molecular complexity index is 777. The van der Waals surface area contributed by atoms with Gasteiger partial charge in [0.1, 0.15) is 0 Å². The molecule has 2 N–H and O–H groups in total. The number of carboxylic acids is 1. The third-order valence-corrected chi connectivity index (χ3v) is 6.06. The van der Waals surface area contributed by atoms with Gasteiger partial charge in [-0.15, -0.1) is 0 Å². The molecule has 2 aliphatic rings. The van der Waals surface area contributed by atoms with E-state index in [9.17, 15) is 4.79 Å². The highest BCUT2D eigenvalue weighted by Crippen LogP contribution is 2.45. The van der Waals surface area contributed by atoms with Crippen molar-refractivity contribution in [3.05, 3.63) is 71.3 Å². The van der Waals surface area contributed by atoms with Crippen LogP contribution in [0.15, 0.2) is 54.6 Å². The first-order valence-electron chi connectivity index (χ1n) is 10.1. The number of ether oxygens (including phenoxy) is 1. The zero-order chi connectivity index (χ0) is 19.3. The Balaban J connectivity index is 1.27. The number of carbonyl (C=O) groups is 1. The third-order valence-electron chi connectivity index (χ3n) is 6.06. The zero-order valence-electron chi connectivity index (χ0n) is 15.9. The predicted molar refractivity (Wildman–Crippen MR) is 106 cm³/mol. The van der Waals surface area contributed by atoms with Crippen molar-refractivity contribution in [1.82, 2.24) is 5.48 Å². The van der Waals surface area contributed by atoms with Crippen LogP contribution in [0, 0.1) is 11.8 Å². The summed E-state index contributed by atoms with van der Waals surface area (Å²) in [6.45, 7) is 1.36. The van der Waals surface area contributed by atoms with E-state index in [1.54, 1.807) is 12.1 Å². The van der Waals surface area contributed by atoms with E-state index in [0.717, 1.165) is 37.8 Å². The largest absolute Gasteiger partial charge is 0.478 e. The summed E-state index contributed by atoms with van der Waals surface area (Å²) in [5.74, 6) is 0.105. The lowest BCUT2D eigenvalue weighted by Gasteiger charge is -2.28. The van der Waals surface area contributed by atoms with Gasteiger partial charge in [-0.05, 0) is 54.9 Å². The molecule has 4 atom stereocenters. The molecular formula is C23H27NO4. The number of hydrogen-bond acceptors (Lipinski definition) is 4.